The maximum atomic E-state index is 13.2. The largest absolute Gasteiger partial charge is 0.459 e. The van der Waals surface area contributed by atoms with Crippen LogP contribution in [0.5, 0.6) is 0 Å². The van der Waals surface area contributed by atoms with Crippen molar-refractivity contribution in [2.24, 2.45) is 0 Å². The molecule has 0 fully saturated rings. The Morgan fingerprint density at radius 2 is 2.08 bits per heavy atom. The Morgan fingerprint density at radius 1 is 1.12 bits per heavy atom. The predicted molar refractivity (Wildman–Crippen MR) is 81.3 cm³/mol. The molecule has 1 aromatic carbocycles. The van der Waals surface area contributed by atoms with Crippen LogP contribution in [0.1, 0.15) is 5.89 Å². The molecule has 0 amide bonds. The Morgan fingerprint density at radius 3 is 2.92 bits per heavy atom. The number of furan rings is 1. The Hall–Kier alpha value is -2.94. The highest BCUT2D eigenvalue weighted by Crippen LogP contribution is 2.26. The molecule has 0 aliphatic heterocycles. The van der Waals surface area contributed by atoms with Gasteiger partial charge in [-0.2, -0.15) is 4.98 Å². The fourth-order valence-corrected chi connectivity index (χ4v) is 2.55. The van der Waals surface area contributed by atoms with Crippen molar-refractivity contribution in [3.8, 4) is 23.0 Å². The van der Waals surface area contributed by atoms with Gasteiger partial charge in [-0.1, -0.05) is 29.1 Å². The van der Waals surface area contributed by atoms with Crippen LogP contribution in [0.2, 0.25) is 0 Å². The first-order valence-electron chi connectivity index (χ1n) is 6.86. The van der Waals surface area contributed by atoms with E-state index in [1.807, 2.05) is 0 Å². The highest BCUT2D eigenvalue weighted by Gasteiger charge is 2.14. The summed E-state index contributed by atoms with van der Waals surface area (Å²) in [6.45, 7) is 0. The van der Waals surface area contributed by atoms with Crippen LogP contribution in [0.15, 0.2) is 61.2 Å². The van der Waals surface area contributed by atoms with Crippen molar-refractivity contribution in [3.63, 3.8) is 0 Å². The molecule has 0 N–H and O–H groups in total. The zero-order valence-corrected chi connectivity index (χ0v) is 12.9. The average Bonchev–Trinajstić information content (AvgIpc) is 3.33. The van der Waals surface area contributed by atoms with E-state index in [-0.39, 0.29) is 5.82 Å². The van der Waals surface area contributed by atoms with Crippen molar-refractivity contribution in [1.82, 2.24) is 20.3 Å². The van der Waals surface area contributed by atoms with Crippen LogP contribution in [0.25, 0.3) is 23.0 Å². The molecular weight excluding hydrogens is 335 g/mol. The van der Waals surface area contributed by atoms with Gasteiger partial charge in [0.1, 0.15) is 5.82 Å². The summed E-state index contributed by atoms with van der Waals surface area (Å²) in [5, 5.41) is 12.0. The SMILES string of the molecule is Fc1cccc(-c2noc(CSc3nnc(-c4ccco4)o3)n2)c1. The van der Waals surface area contributed by atoms with Crippen LogP contribution in [-0.4, -0.2) is 20.3 Å². The molecule has 0 bridgehead atoms. The third kappa shape index (κ3) is 3.06. The van der Waals surface area contributed by atoms with E-state index in [1.165, 1.54) is 30.2 Å². The van der Waals surface area contributed by atoms with Gasteiger partial charge in [-0.15, -0.1) is 10.2 Å². The van der Waals surface area contributed by atoms with Gasteiger partial charge in [0, 0.05) is 5.56 Å². The second kappa shape index (κ2) is 6.28. The monoisotopic (exact) mass is 344 g/mol. The summed E-state index contributed by atoms with van der Waals surface area (Å²) in [7, 11) is 0. The summed E-state index contributed by atoms with van der Waals surface area (Å²) in [5.41, 5.74) is 0.549. The number of rotatable bonds is 5. The van der Waals surface area contributed by atoms with Crippen molar-refractivity contribution < 1.29 is 17.7 Å². The molecule has 0 aliphatic carbocycles. The number of benzene rings is 1. The number of thioether (sulfide) groups is 1. The lowest BCUT2D eigenvalue weighted by atomic mass is 10.2. The molecule has 4 rings (SSSR count). The van der Waals surface area contributed by atoms with Gasteiger partial charge < -0.3 is 13.4 Å². The molecule has 0 atom stereocenters. The van der Waals surface area contributed by atoms with E-state index in [1.54, 1.807) is 24.3 Å². The lowest BCUT2D eigenvalue weighted by molar-refractivity contribution is 0.390. The summed E-state index contributed by atoms with van der Waals surface area (Å²) in [6.07, 6.45) is 1.53. The van der Waals surface area contributed by atoms with E-state index < -0.39 is 0 Å². The maximum absolute atomic E-state index is 13.2. The van der Waals surface area contributed by atoms with E-state index in [4.69, 9.17) is 13.4 Å². The van der Waals surface area contributed by atoms with Crippen molar-refractivity contribution in [3.05, 3.63) is 54.4 Å². The van der Waals surface area contributed by atoms with Crippen LogP contribution in [0.4, 0.5) is 4.39 Å². The Kier molecular flexibility index (Phi) is 3.83. The van der Waals surface area contributed by atoms with Crippen LogP contribution in [-0.2, 0) is 5.75 Å². The molecule has 0 unspecified atom stereocenters. The summed E-state index contributed by atoms with van der Waals surface area (Å²) in [5.74, 6) is 1.49. The fraction of sp³-hybridized carbons (Fsp3) is 0.0667. The molecule has 0 aliphatic rings. The number of halogens is 1. The molecule has 0 saturated heterocycles. The minimum absolute atomic E-state index is 0.300. The van der Waals surface area contributed by atoms with Gasteiger partial charge in [0.25, 0.3) is 11.1 Å². The smallest absolute Gasteiger partial charge is 0.284 e. The van der Waals surface area contributed by atoms with E-state index in [0.717, 1.165) is 0 Å². The fourth-order valence-electron chi connectivity index (χ4n) is 1.95. The number of nitrogens with zero attached hydrogens (tertiary/aromatic N) is 4. The van der Waals surface area contributed by atoms with E-state index in [0.29, 0.717) is 39.9 Å². The van der Waals surface area contributed by atoms with Crippen molar-refractivity contribution in [2.75, 3.05) is 0 Å². The highest BCUT2D eigenvalue weighted by atomic mass is 32.2. The molecule has 0 radical (unpaired) electrons. The van der Waals surface area contributed by atoms with E-state index >= 15 is 0 Å². The molecule has 24 heavy (non-hydrogen) atoms. The first kappa shape index (κ1) is 14.6. The standard InChI is InChI=1S/C15H9FN4O3S/c16-10-4-1-3-9(7-10)13-17-12(23-20-13)8-24-15-19-18-14(22-15)11-5-2-6-21-11/h1-7H,8H2. The molecule has 7 nitrogen and oxygen atoms in total. The van der Waals surface area contributed by atoms with E-state index in [2.05, 4.69) is 20.3 Å². The molecule has 3 aromatic heterocycles. The van der Waals surface area contributed by atoms with Crippen molar-refractivity contribution >= 4 is 11.8 Å². The van der Waals surface area contributed by atoms with Crippen LogP contribution in [0, 0.1) is 5.82 Å². The van der Waals surface area contributed by atoms with Crippen LogP contribution in [0.3, 0.4) is 0 Å². The highest BCUT2D eigenvalue weighted by molar-refractivity contribution is 7.98. The van der Waals surface area contributed by atoms with Crippen LogP contribution >= 0.6 is 11.8 Å². The van der Waals surface area contributed by atoms with Gasteiger partial charge >= 0.3 is 0 Å². The summed E-state index contributed by atoms with van der Waals surface area (Å²) in [6, 6.07) is 9.45. The van der Waals surface area contributed by atoms with Gasteiger partial charge in [0.15, 0.2) is 5.76 Å². The second-order valence-electron chi connectivity index (χ2n) is 4.66. The lowest BCUT2D eigenvalue weighted by Crippen LogP contribution is -1.84. The quantitative estimate of drug-likeness (QED) is 0.505. The molecule has 4 aromatic rings. The zero-order valence-electron chi connectivity index (χ0n) is 12.0. The minimum Gasteiger partial charge on any atom is -0.459 e. The average molecular weight is 344 g/mol. The normalized spacial score (nSPS) is 11.0. The van der Waals surface area contributed by atoms with Gasteiger partial charge in [-0.3, -0.25) is 0 Å². The molecule has 9 heteroatoms. The number of hydrogen-bond acceptors (Lipinski definition) is 8. The molecule has 0 spiro atoms. The van der Waals surface area contributed by atoms with E-state index in [9.17, 15) is 4.39 Å². The minimum atomic E-state index is -0.357. The topological polar surface area (TPSA) is 91.0 Å². The zero-order chi connectivity index (χ0) is 16.4. The Bertz CT molecular complexity index is 951. The van der Waals surface area contributed by atoms with Gasteiger partial charge in [-0.25, -0.2) is 4.39 Å². The van der Waals surface area contributed by atoms with Gasteiger partial charge in [0.05, 0.1) is 12.0 Å². The predicted octanol–water partition coefficient (Wildman–Crippen LogP) is 3.81. The maximum Gasteiger partial charge on any atom is 0.284 e. The summed E-state index contributed by atoms with van der Waals surface area (Å²) < 4.78 is 29.0. The van der Waals surface area contributed by atoms with Crippen molar-refractivity contribution in [2.45, 2.75) is 11.0 Å². The lowest BCUT2D eigenvalue weighted by Gasteiger charge is -1.93. The Labute approximate surface area is 138 Å². The first-order chi connectivity index (χ1) is 11.8. The Balaban J connectivity index is 1.43. The van der Waals surface area contributed by atoms with Gasteiger partial charge in [-0.05, 0) is 24.3 Å². The molecule has 3 heterocycles. The second-order valence-corrected chi connectivity index (χ2v) is 5.59. The molecular formula is C15H9FN4O3S. The summed E-state index contributed by atoms with van der Waals surface area (Å²) >= 11 is 1.25. The number of aromatic nitrogens is 4. The van der Waals surface area contributed by atoms with Gasteiger partial charge in [0.2, 0.25) is 11.7 Å². The van der Waals surface area contributed by atoms with Crippen LogP contribution < -0.4 is 0 Å². The third-order valence-electron chi connectivity index (χ3n) is 3.01. The van der Waals surface area contributed by atoms with Crippen molar-refractivity contribution in [1.29, 1.82) is 0 Å². The first-order valence-corrected chi connectivity index (χ1v) is 7.85. The third-order valence-corrected chi connectivity index (χ3v) is 3.81. The molecule has 120 valence electrons. The summed E-state index contributed by atoms with van der Waals surface area (Å²) in [4.78, 5) is 4.22. The molecule has 0 saturated carbocycles. The number of hydrogen-bond donors (Lipinski definition) is 0.